The molecular weight excluding hydrogens is 386 g/mol. The van der Waals surface area contributed by atoms with E-state index in [4.69, 9.17) is 9.47 Å². The fourth-order valence-electron chi connectivity index (χ4n) is 4.80. The van der Waals surface area contributed by atoms with Gasteiger partial charge in [0.05, 0.1) is 19.8 Å². The van der Waals surface area contributed by atoms with Gasteiger partial charge in [0.2, 0.25) is 0 Å². The molecule has 2 aromatic carbocycles. The van der Waals surface area contributed by atoms with Gasteiger partial charge >= 0.3 is 5.97 Å². The molecule has 1 unspecified atom stereocenters. The molecule has 4 heteroatoms. The Morgan fingerprint density at radius 1 is 1.10 bits per heavy atom. The van der Waals surface area contributed by atoms with Gasteiger partial charge in [-0.3, -0.25) is 0 Å². The molecule has 3 rings (SSSR count). The Morgan fingerprint density at radius 3 is 2.48 bits per heavy atom. The van der Waals surface area contributed by atoms with E-state index in [1.165, 1.54) is 45.6 Å². The minimum atomic E-state index is -0.347. The average Bonchev–Trinajstić information content (AvgIpc) is 2.81. The first kappa shape index (κ1) is 23.3. The number of aryl methyl sites for hydroxylation is 1. The summed E-state index contributed by atoms with van der Waals surface area (Å²) in [4.78, 5) is 12.5. The Morgan fingerprint density at radius 2 is 1.84 bits per heavy atom. The van der Waals surface area contributed by atoms with E-state index < -0.39 is 0 Å². The van der Waals surface area contributed by atoms with Crippen molar-refractivity contribution in [3.05, 3.63) is 53.1 Å². The fourth-order valence-corrected chi connectivity index (χ4v) is 4.80. The maximum atomic E-state index is 12.5. The standard InChI is InChI=1S/C27H37NO3/c1-5-22(15-20-12-7-6-8-13-20)28-18-21-16-24(23-14-10-9-11-19(23)2)25(27(29)31-4)17-26(21)30-3/h9-11,14,16-17,20,22,28H,5-8,12-13,15,18H2,1-4H3. The summed E-state index contributed by atoms with van der Waals surface area (Å²) in [5.74, 6) is 1.22. The Balaban J connectivity index is 1.87. The van der Waals surface area contributed by atoms with Gasteiger partial charge < -0.3 is 14.8 Å². The summed E-state index contributed by atoms with van der Waals surface area (Å²) in [7, 11) is 3.08. The first-order chi connectivity index (χ1) is 15.1. The van der Waals surface area contributed by atoms with Gasteiger partial charge in [0.1, 0.15) is 5.75 Å². The molecule has 4 nitrogen and oxygen atoms in total. The third-order valence-corrected chi connectivity index (χ3v) is 6.68. The molecule has 0 bridgehead atoms. The van der Waals surface area contributed by atoms with Crippen LogP contribution in [0, 0.1) is 12.8 Å². The highest BCUT2D eigenvalue weighted by Gasteiger charge is 2.21. The van der Waals surface area contributed by atoms with E-state index in [0.717, 1.165) is 40.3 Å². The van der Waals surface area contributed by atoms with Crippen molar-refractivity contribution in [3.63, 3.8) is 0 Å². The molecule has 0 amide bonds. The SMILES string of the molecule is CCC(CC1CCCCC1)NCc1cc(-c2ccccc2C)c(C(=O)OC)cc1OC. The van der Waals surface area contributed by atoms with Crippen LogP contribution in [0.5, 0.6) is 5.75 Å². The number of carbonyl (C=O) groups is 1. The number of carbonyl (C=O) groups excluding carboxylic acids is 1. The molecule has 0 spiro atoms. The van der Waals surface area contributed by atoms with E-state index in [0.29, 0.717) is 18.2 Å². The molecule has 0 saturated heterocycles. The average molecular weight is 424 g/mol. The van der Waals surface area contributed by atoms with Gasteiger partial charge in [-0.05, 0) is 54.5 Å². The molecule has 168 valence electrons. The highest BCUT2D eigenvalue weighted by Crippen LogP contribution is 2.34. The molecule has 31 heavy (non-hydrogen) atoms. The van der Waals surface area contributed by atoms with Crippen molar-refractivity contribution in [3.8, 4) is 16.9 Å². The maximum absolute atomic E-state index is 12.5. The van der Waals surface area contributed by atoms with Crippen LogP contribution in [0.1, 0.15) is 73.4 Å². The van der Waals surface area contributed by atoms with Crippen molar-refractivity contribution in [2.24, 2.45) is 5.92 Å². The van der Waals surface area contributed by atoms with Crippen LogP contribution in [-0.4, -0.2) is 26.2 Å². The lowest BCUT2D eigenvalue weighted by molar-refractivity contribution is 0.0601. The first-order valence-electron chi connectivity index (χ1n) is 11.7. The number of ether oxygens (including phenoxy) is 2. The molecule has 1 atom stereocenters. The number of esters is 1. The van der Waals surface area contributed by atoms with Gasteiger partial charge in [-0.25, -0.2) is 4.79 Å². The summed E-state index contributed by atoms with van der Waals surface area (Å²) in [5, 5.41) is 3.77. The van der Waals surface area contributed by atoms with Gasteiger partial charge in [0.25, 0.3) is 0 Å². The number of rotatable bonds is 9. The van der Waals surface area contributed by atoms with Gasteiger partial charge in [0.15, 0.2) is 0 Å². The summed E-state index contributed by atoms with van der Waals surface area (Å²) < 4.78 is 10.7. The molecule has 0 aliphatic heterocycles. The van der Waals surface area contributed by atoms with Gasteiger partial charge in [-0.1, -0.05) is 63.3 Å². The minimum Gasteiger partial charge on any atom is -0.496 e. The second kappa shape index (κ2) is 11.3. The van der Waals surface area contributed by atoms with Crippen LogP contribution in [0.2, 0.25) is 0 Å². The molecule has 1 aliphatic rings. The number of hydrogen-bond acceptors (Lipinski definition) is 4. The number of benzene rings is 2. The quantitative estimate of drug-likeness (QED) is 0.481. The zero-order chi connectivity index (χ0) is 22.2. The third kappa shape index (κ3) is 5.88. The van der Waals surface area contributed by atoms with E-state index in [-0.39, 0.29) is 5.97 Å². The van der Waals surface area contributed by atoms with Crippen molar-refractivity contribution >= 4 is 5.97 Å². The smallest absolute Gasteiger partial charge is 0.338 e. The van der Waals surface area contributed by atoms with Crippen molar-refractivity contribution in [2.75, 3.05) is 14.2 Å². The van der Waals surface area contributed by atoms with E-state index in [9.17, 15) is 4.79 Å². The van der Waals surface area contributed by atoms with E-state index in [1.807, 2.05) is 18.2 Å². The lowest BCUT2D eigenvalue weighted by Gasteiger charge is -2.27. The second-order valence-electron chi connectivity index (χ2n) is 8.74. The van der Waals surface area contributed by atoms with E-state index in [2.05, 4.69) is 37.4 Å². The highest BCUT2D eigenvalue weighted by atomic mass is 16.5. The molecule has 2 aromatic rings. The lowest BCUT2D eigenvalue weighted by Crippen LogP contribution is -2.31. The molecule has 0 radical (unpaired) electrons. The molecule has 1 saturated carbocycles. The molecule has 0 aromatic heterocycles. The van der Waals surface area contributed by atoms with Crippen LogP contribution in [0.3, 0.4) is 0 Å². The minimum absolute atomic E-state index is 0.347. The number of methoxy groups -OCH3 is 2. The summed E-state index contributed by atoms with van der Waals surface area (Å²) >= 11 is 0. The Kier molecular flexibility index (Phi) is 8.53. The Hall–Kier alpha value is -2.33. The predicted octanol–water partition coefficient (Wildman–Crippen LogP) is 6.30. The summed E-state index contributed by atoms with van der Waals surface area (Å²) in [6, 6.07) is 12.5. The first-order valence-corrected chi connectivity index (χ1v) is 11.7. The van der Waals surface area contributed by atoms with Crippen molar-refractivity contribution in [1.29, 1.82) is 0 Å². The molecule has 1 fully saturated rings. The monoisotopic (exact) mass is 423 g/mol. The van der Waals surface area contributed by atoms with Gasteiger partial charge in [-0.15, -0.1) is 0 Å². The number of hydrogen-bond donors (Lipinski definition) is 1. The van der Waals surface area contributed by atoms with E-state index in [1.54, 1.807) is 7.11 Å². The van der Waals surface area contributed by atoms with Crippen LogP contribution >= 0.6 is 0 Å². The van der Waals surface area contributed by atoms with Crippen LogP contribution in [0.4, 0.5) is 0 Å². The Bertz CT molecular complexity index is 871. The lowest BCUT2D eigenvalue weighted by atomic mass is 9.84. The summed E-state index contributed by atoms with van der Waals surface area (Å²) in [6.07, 6.45) is 9.24. The maximum Gasteiger partial charge on any atom is 0.338 e. The van der Waals surface area contributed by atoms with E-state index >= 15 is 0 Å². The van der Waals surface area contributed by atoms with Gasteiger partial charge in [-0.2, -0.15) is 0 Å². The summed E-state index contributed by atoms with van der Waals surface area (Å²) in [5.41, 5.74) is 4.66. The van der Waals surface area contributed by atoms with Crippen molar-refractivity contribution in [1.82, 2.24) is 5.32 Å². The van der Waals surface area contributed by atoms with Crippen molar-refractivity contribution < 1.29 is 14.3 Å². The molecule has 0 heterocycles. The topological polar surface area (TPSA) is 47.6 Å². The van der Waals surface area contributed by atoms with Crippen LogP contribution in [-0.2, 0) is 11.3 Å². The van der Waals surface area contributed by atoms with Crippen LogP contribution in [0.25, 0.3) is 11.1 Å². The third-order valence-electron chi connectivity index (χ3n) is 6.68. The largest absolute Gasteiger partial charge is 0.496 e. The normalized spacial score (nSPS) is 15.5. The molecule has 1 N–H and O–H groups in total. The fraction of sp³-hybridized carbons (Fsp3) is 0.519. The predicted molar refractivity (Wildman–Crippen MR) is 127 cm³/mol. The van der Waals surface area contributed by atoms with Crippen molar-refractivity contribution in [2.45, 2.75) is 71.4 Å². The summed E-state index contributed by atoms with van der Waals surface area (Å²) in [6.45, 7) is 5.04. The highest BCUT2D eigenvalue weighted by molar-refractivity contribution is 5.98. The number of nitrogens with one attached hydrogen (secondary N) is 1. The zero-order valence-corrected chi connectivity index (χ0v) is 19.5. The van der Waals surface area contributed by atoms with Crippen LogP contribution in [0.15, 0.2) is 36.4 Å². The molecule has 1 aliphatic carbocycles. The second-order valence-corrected chi connectivity index (χ2v) is 8.74. The van der Waals surface area contributed by atoms with Crippen LogP contribution < -0.4 is 10.1 Å². The van der Waals surface area contributed by atoms with Gasteiger partial charge in [0, 0.05) is 18.2 Å². The Labute approximate surface area is 187 Å². The molecular formula is C27H37NO3. The zero-order valence-electron chi connectivity index (χ0n) is 19.5.